The zero-order valence-electron chi connectivity index (χ0n) is 13.3. The molecule has 8 heteroatoms. The van der Waals surface area contributed by atoms with Crippen LogP contribution in [-0.4, -0.2) is 52.3 Å². The summed E-state index contributed by atoms with van der Waals surface area (Å²) in [6.45, 7) is 0.620. The van der Waals surface area contributed by atoms with Crippen LogP contribution in [-0.2, 0) is 9.59 Å². The highest BCUT2D eigenvalue weighted by molar-refractivity contribution is 6.24. The van der Waals surface area contributed by atoms with E-state index in [0.717, 1.165) is 4.90 Å². The number of nitrogens with one attached hydrogen (secondary N) is 2. The molecule has 3 N–H and O–H groups in total. The lowest BCUT2D eigenvalue weighted by molar-refractivity contribution is -0.136. The Kier molecular flexibility index (Phi) is 3.66. The fourth-order valence-corrected chi connectivity index (χ4v) is 3.81. The van der Waals surface area contributed by atoms with Gasteiger partial charge in [-0.05, 0) is 31.0 Å². The van der Waals surface area contributed by atoms with Crippen LogP contribution in [0.3, 0.4) is 0 Å². The van der Waals surface area contributed by atoms with Gasteiger partial charge in [-0.2, -0.15) is 0 Å². The largest absolute Gasteiger partial charge is 0.391 e. The van der Waals surface area contributed by atoms with Gasteiger partial charge in [0.05, 0.1) is 23.3 Å². The average Bonchev–Trinajstić information content (AvgIpc) is 3.11. The van der Waals surface area contributed by atoms with E-state index in [1.54, 1.807) is 18.2 Å². The third-order valence-corrected chi connectivity index (χ3v) is 5.02. The van der Waals surface area contributed by atoms with Gasteiger partial charge in [0.25, 0.3) is 11.8 Å². The fourth-order valence-electron chi connectivity index (χ4n) is 3.81. The van der Waals surface area contributed by atoms with Gasteiger partial charge < -0.3 is 10.4 Å². The number of rotatable bonds is 2. The quantitative estimate of drug-likeness (QED) is 0.623. The molecule has 3 atom stereocenters. The van der Waals surface area contributed by atoms with Crippen molar-refractivity contribution < 1.29 is 24.3 Å². The lowest BCUT2D eigenvalue weighted by Gasteiger charge is -2.28. The molecule has 2 unspecified atom stereocenters. The molecule has 0 aromatic heterocycles. The maximum Gasteiger partial charge on any atom is 0.262 e. The Balaban J connectivity index is 1.73. The van der Waals surface area contributed by atoms with Gasteiger partial charge in [-0.15, -0.1) is 0 Å². The number of hydrogen-bond acceptors (Lipinski definition) is 6. The minimum atomic E-state index is -0.987. The summed E-state index contributed by atoms with van der Waals surface area (Å²) >= 11 is 0. The molecule has 130 valence electrons. The molecule has 3 heterocycles. The molecule has 4 rings (SSSR count). The first kappa shape index (κ1) is 15.9. The van der Waals surface area contributed by atoms with Crippen LogP contribution in [0, 0.1) is 0 Å². The van der Waals surface area contributed by atoms with Crippen LogP contribution in [0.2, 0.25) is 0 Å². The number of amides is 4. The van der Waals surface area contributed by atoms with E-state index in [2.05, 4.69) is 10.6 Å². The van der Waals surface area contributed by atoms with Gasteiger partial charge in [-0.3, -0.25) is 29.4 Å². The number of nitrogens with zero attached hydrogens (tertiary/aromatic N) is 1. The van der Waals surface area contributed by atoms with Crippen molar-refractivity contribution in [3.63, 3.8) is 0 Å². The van der Waals surface area contributed by atoms with Crippen LogP contribution in [0.1, 0.15) is 51.6 Å². The summed E-state index contributed by atoms with van der Waals surface area (Å²) in [5, 5.41) is 15.5. The first-order valence-electron chi connectivity index (χ1n) is 8.25. The summed E-state index contributed by atoms with van der Waals surface area (Å²) in [4.78, 5) is 50.0. The number of carbonyl (C=O) groups excluding carboxylic acids is 4. The van der Waals surface area contributed by atoms with Gasteiger partial charge in [0.1, 0.15) is 6.04 Å². The molecule has 1 aromatic rings. The SMILES string of the molecule is O=C1CCC(N2C(=O)c3cccc([C@@H]4NCCC4O)c3C2=O)C(=O)N1. The summed E-state index contributed by atoms with van der Waals surface area (Å²) in [6, 6.07) is 3.52. The minimum absolute atomic E-state index is 0.0829. The van der Waals surface area contributed by atoms with Gasteiger partial charge in [0.2, 0.25) is 11.8 Å². The minimum Gasteiger partial charge on any atom is -0.391 e. The second-order valence-corrected chi connectivity index (χ2v) is 6.50. The monoisotopic (exact) mass is 343 g/mol. The smallest absolute Gasteiger partial charge is 0.262 e. The summed E-state index contributed by atoms with van der Waals surface area (Å²) in [5.41, 5.74) is 1.03. The molecule has 0 spiro atoms. The van der Waals surface area contributed by atoms with Crippen LogP contribution in [0.25, 0.3) is 0 Å². The molecular formula is C17H17N3O5. The van der Waals surface area contributed by atoms with Gasteiger partial charge in [0, 0.05) is 6.42 Å². The molecule has 0 radical (unpaired) electrons. The number of benzene rings is 1. The maximum atomic E-state index is 12.9. The van der Waals surface area contributed by atoms with Crippen molar-refractivity contribution in [3.8, 4) is 0 Å². The van der Waals surface area contributed by atoms with Crippen molar-refractivity contribution in [2.75, 3.05) is 6.54 Å². The van der Waals surface area contributed by atoms with E-state index in [0.29, 0.717) is 18.5 Å². The zero-order valence-corrected chi connectivity index (χ0v) is 13.3. The molecule has 0 saturated carbocycles. The highest BCUT2D eigenvalue weighted by atomic mass is 16.3. The van der Waals surface area contributed by atoms with E-state index in [1.807, 2.05) is 0 Å². The normalized spacial score (nSPS) is 29.2. The molecule has 25 heavy (non-hydrogen) atoms. The lowest BCUT2D eigenvalue weighted by atomic mass is 9.94. The van der Waals surface area contributed by atoms with Crippen LogP contribution < -0.4 is 10.6 Å². The maximum absolute atomic E-state index is 12.9. The number of carbonyl (C=O) groups is 4. The third kappa shape index (κ3) is 2.37. The van der Waals surface area contributed by atoms with Gasteiger partial charge in [-0.1, -0.05) is 12.1 Å². The van der Waals surface area contributed by atoms with Crippen LogP contribution >= 0.6 is 0 Å². The first-order chi connectivity index (χ1) is 12.0. The topological polar surface area (TPSA) is 116 Å². The van der Waals surface area contributed by atoms with Crippen molar-refractivity contribution in [3.05, 3.63) is 34.9 Å². The second kappa shape index (κ2) is 5.75. The summed E-state index contributed by atoms with van der Waals surface area (Å²) in [5.74, 6) is -2.13. The molecule has 8 nitrogen and oxygen atoms in total. The number of imide groups is 2. The number of aliphatic hydroxyl groups excluding tert-OH is 1. The number of fused-ring (bicyclic) bond motifs is 1. The standard InChI is InChI=1S/C17H17N3O5/c21-11-6-7-18-14(11)8-2-1-3-9-13(8)17(25)20(16(9)24)10-4-5-12(22)19-15(10)23/h1-3,10-11,14,18,21H,4-7H2,(H,19,22,23)/t10?,11?,14-/m0/s1. The highest BCUT2D eigenvalue weighted by Gasteiger charge is 2.46. The van der Waals surface area contributed by atoms with Gasteiger partial charge in [0.15, 0.2) is 0 Å². The van der Waals surface area contributed by atoms with E-state index in [-0.39, 0.29) is 24.0 Å². The number of aliphatic hydroxyl groups is 1. The number of hydrogen-bond donors (Lipinski definition) is 3. The van der Waals surface area contributed by atoms with E-state index in [1.165, 1.54) is 0 Å². The molecule has 0 bridgehead atoms. The predicted molar refractivity (Wildman–Crippen MR) is 84.5 cm³/mol. The summed E-state index contributed by atoms with van der Waals surface area (Å²) in [6.07, 6.45) is 0.127. The van der Waals surface area contributed by atoms with E-state index in [4.69, 9.17) is 0 Å². The van der Waals surface area contributed by atoms with Gasteiger partial charge in [-0.25, -0.2) is 0 Å². The van der Waals surface area contributed by atoms with E-state index < -0.39 is 41.8 Å². The number of piperidine rings is 1. The Bertz CT molecular complexity index is 805. The summed E-state index contributed by atoms with van der Waals surface area (Å²) in [7, 11) is 0. The third-order valence-electron chi connectivity index (χ3n) is 5.02. The molecule has 4 amide bonds. The Morgan fingerprint density at radius 2 is 1.88 bits per heavy atom. The van der Waals surface area contributed by atoms with Crippen LogP contribution in [0.4, 0.5) is 0 Å². The molecule has 3 aliphatic heterocycles. The second-order valence-electron chi connectivity index (χ2n) is 6.50. The van der Waals surface area contributed by atoms with Gasteiger partial charge >= 0.3 is 0 Å². The molecule has 3 aliphatic rings. The van der Waals surface area contributed by atoms with Crippen molar-refractivity contribution >= 4 is 23.6 Å². The molecule has 0 aliphatic carbocycles. The highest BCUT2D eigenvalue weighted by Crippen LogP contribution is 2.35. The average molecular weight is 343 g/mol. The first-order valence-corrected chi connectivity index (χ1v) is 8.25. The molecule has 2 saturated heterocycles. The van der Waals surface area contributed by atoms with Crippen molar-refractivity contribution in [2.24, 2.45) is 0 Å². The Morgan fingerprint density at radius 1 is 1.08 bits per heavy atom. The molecule has 1 aromatic carbocycles. The fraction of sp³-hybridized carbons (Fsp3) is 0.412. The van der Waals surface area contributed by atoms with E-state index in [9.17, 15) is 24.3 Å². The van der Waals surface area contributed by atoms with Crippen LogP contribution in [0.15, 0.2) is 18.2 Å². The van der Waals surface area contributed by atoms with E-state index >= 15 is 0 Å². The Hall–Kier alpha value is -2.58. The Morgan fingerprint density at radius 3 is 2.56 bits per heavy atom. The predicted octanol–water partition coefficient (Wildman–Crippen LogP) is -0.517. The van der Waals surface area contributed by atoms with Crippen molar-refractivity contribution in [2.45, 2.75) is 37.5 Å². The molecular weight excluding hydrogens is 326 g/mol. The van der Waals surface area contributed by atoms with Crippen molar-refractivity contribution in [1.82, 2.24) is 15.5 Å². The molecule has 2 fully saturated rings. The van der Waals surface area contributed by atoms with Crippen LogP contribution in [0.5, 0.6) is 0 Å². The Labute approximate surface area is 143 Å². The lowest BCUT2D eigenvalue weighted by Crippen LogP contribution is -2.54. The van der Waals surface area contributed by atoms with Crippen molar-refractivity contribution in [1.29, 1.82) is 0 Å². The zero-order chi connectivity index (χ0) is 17.7. The summed E-state index contributed by atoms with van der Waals surface area (Å²) < 4.78 is 0.